The summed E-state index contributed by atoms with van der Waals surface area (Å²) >= 11 is 1.38. The highest BCUT2D eigenvalue weighted by atomic mass is 32.1. The lowest BCUT2D eigenvalue weighted by Crippen LogP contribution is -2.28. The average Bonchev–Trinajstić information content (AvgIpc) is 3.07. The second-order valence-electron chi connectivity index (χ2n) is 5.59. The molecule has 0 aliphatic heterocycles. The van der Waals surface area contributed by atoms with Gasteiger partial charge >= 0.3 is 6.03 Å². The van der Waals surface area contributed by atoms with E-state index < -0.39 is 0 Å². The van der Waals surface area contributed by atoms with Crippen LogP contribution in [0.2, 0.25) is 0 Å². The summed E-state index contributed by atoms with van der Waals surface area (Å²) in [5, 5.41) is 7.91. The van der Waals surface area contributed by atoms with E-state index in [-0.39, 0.29) is 6.03 Å². The standard InChI is InChI=1S/C19H20N4O3S/c1-3-25-15-6-4-5-7-16(15)26-17-9-8-14(10-20-17)11-21-18(24)23-19-22-13(2)12-27-19/h4-10,12H,3,11H2,1-2H3,(H2,21,22,23,24). The minimum Gasteiger partial charge on any atom is -0.490 e. The van der Waals surface area contributed by atoms with Crippen LogP contribution in [0.15, 0.2) is 48.0 Å². The van der Waals surface area contributed by atoms with Crippen LogP contribution < -0.4 is 20.1 Å². The Morgan fingerprint density at radius 2 is 2.00 bits per heavy atom. The first kappa shape index (κ1) is 18.7. The number of nitrogens with one attached hydrogen (secondary N) is 2. The zero-order chi connectivity index (χ0) is 19.1. The van der Waals surface area contributed by atoms with Crippen LogP contribution in [0.25, 0.3) is 0 Å². The second-order valence-corrected chi connectivity index (χ2v) is 6.45. The second kappa shape index (κ2) is 9.00. The smallest absolute Gasteiger partial charge is 0.321 e. The lowest BCUT2D eigenvalue weighted by molar-refractivity contribution is 0.251. The maximum absolute atomic E-state index is 11.9. The summed E-state index contributed by atoms with van der Waals surface area (Å²) in [6.45, 7) is 4.70. The Balaban J connectivity index is 1.53. The number of urea groups is 1. The van der Waals surface area contributed by atoms with Gasteiger partial charge in [-0.2, -0.15) is 0 Å². The number of aromatic nitrogens is 2. The van der Waals surface area contributed by atoms with Crippen LogP contribution in [-0.4, -0.2) is 22.6 Å². The highest BCUT2D eigenvalue weighted by Crippen LogP contribution is 2.30. The van der Waals surface area contributed by atoms with Crippen LogP contribution in [0.4, 0.5) is 9.93 Å². The molecule has 0 fully saturated rings. The molecule has 0 aliphatic carbocycles. The van der Waals surface area contributed by atoms with E-state index in [1.807, 2.05) is 49.6 Å². The molecule has 140 valence electrons. The van der Waals surface area contributed by atoms with Gasteiger partial charge < -0.3 is 14.8 Å². The van der Waals surface area contributed by atoms with Crippen LogP contribution in [-0.2, 0) is 6.54 Å². The van der Waals surface area contributed by atoms with Gasteiger partial charge in [-0.1, -0.05) is 18.2 Å². The molecule has 0 aliphatic rings. The van der Waals surface area contributed by atoms with E-state index in [0.29, 0.717) is 35.7 Å². The summed E-state index contributed by atoms with van der Waals surface area (Å²) in [6.07, 6.45) is 1.66. The number of para-hydroxylation sites is 2. The normalized spacial score (nSPS) is 10.3. The number of carbonyl (C=O) groups is 1. The zero-order valence-electron chi connectivity index (χ0n) is 15.1. The Morgan fingerprint density at radius 3 is 2.67 bits per heavy atom. The summed E-state index contributed by atoms with van der Waals surface area (Å²) in [6, 6.07) is 10.7. The first-order valence-electron chi connectivity index (χ1n) is 8.45. The third-order valence-corrected chi connectivity index (χ3v) is 4.33. The molecule has 2 aromatic heterocycles. The highest BCUT2D eigenvalue weighted by molar-refractivity contribution is 7.13. The molecule has 27 heavy (non-hydrogen) atoms. The molecule has 0 atom stereocenters. The van der Waals surface area contributed by atoms with E-state index >= 15 is 0 Å². The molecule has 2 heterocycles. The number of hydrogen-bond donors (Lipinski definition) is 2. The fraction of sp³-hybridized carbons (Fsp3) is 0.211. The quantitative estimate of drug-likeness (QED) is 0.632. The highest BCUT2D eigenvalue weighted by Gasteiger charge is 2.07. The molecule has 3 rings (SSSR count). The molecule has 0 saturated heterocycles. The van der Waals surface area contributed by atoms with Gasteiger partial charge in [0, 0.05) is 24.2 Å². The Bertz CT molecular complexity index is 896. The Kier molecular flexibility index (Phi) is 6.22. The van der Waals surface area contributed by atoms with E-state index in [1.165, 1.54) is 11.3 Å². The molecule has 2 N–H and O–H groups in total. The summed E-state index contributed by atoms with van der Waals surface area (Å²) in [4.78, 5) is 20.4. The van der Waals surface area contributed by atoms with Gasteiger partial charge in [-0.25, -0.2) is 14.8 Å². The molecule has 1 aromatic carbocycles. The largest absolute Gasteiger partial charge is 0.490 e. The summed E-state index contributed by atoms with van der Waals surface area (Å²) < 4.78 is 11.3. The van der Waals surface area contributed by atoms with Crippen molar-refractivity contribution >= 4 is 22.5 Å². The number of anilines is 1. The predicted octanol–water partition coefficient (Wildman–Crippen LogP) is 4.36. The van der Waals surface area contributed by atoms with Crippen molar-refractivity contribution < 1.29 is 14.3 Å². The third kappa shape index (κ3) is 5.42. The molecule has 0 saturated carbocycles. The number of aryl methyl sites for hydroxylation is 1. The number of nitrogens with zero attached hydrogens (tertiary/aromatic N) is 2. The maximum atomic E-state index is 11.9. The number of carbonyl (C=O) groups excluding carboxylic acids is 1. The van der Waals surface area contributed by atoms with E-state index in [0.717, 1.165) is 11.3 Å². The number of rotatable bonds is 7. The van der Waals surface area contributed by atoms with Crippen molar-refractivity contribution in [3.8, 4) is 17.4 Å². The average molecular weight is 384 g/mol. The van der Waals surface area contributed by atoms with Crippen LogP contribution in [0.5, 0.6) is 17.4 Å². The predicted molar refractivity (Wildman–Crippen MR) is 105 cm³/mol. The molecule has 3 aromatic rings. The van der Waals surface area contributed by atoms with Gasteiger partial charge in [0.1, 0.15) is 0 Å². The van der Waals surface area contributed by atoms with Crippen molar-refractivity contribution in [2.45, 2.75) is 20.4 Å². The Hall–Kier alpha value is -3.13. The van der Waals surface area contributed by atoms with Crippen molar-refractivity contribution in [2.75, 3.05) is 11.9 Å². The summed E-state index contributed by atoms with van der Waals surface area (Å²) in [5.74, 6) is 1.73. The number of benzene rings is 1. The van der Waals surface area contributed by atoms with E-state index in [4.69, 9.17) is 9.47 Å². The first-order valence-corrected chi connectivity index (χ1v) is 9.33. The van der Waals surface area contributed by atoms with Crippen molar-refractivity contribution in [3.05, 3.63) is 59.2 Å². The van der Waals surface area contributed by atoms with E-state index in [2.05, 4.69) is 20.6 Å². The van der Waals surface area contributed by atoms with Crippen molar-refractivity contribution in [3.63, 3.8) is 0 Å². The minimum absolute atomic E-state index is 0.310. The molecule has 0 spiro atoms. The number of pyridine rings is 1. The Morgan fingerprint density at radius 1 is 1.19 bits per heavy atom. The maximum Gasteiger partial charge on any atom is 0.321 e. The Labute approximate surface area is 161 Å². The van der Waals surface area contributed by atoms with Gasteiger partial charge in [0.15, 0.2) is 16.6 Å². The minimum atomic E-state index is -0.310. The monoisotopic (exact) mass is 384 g/mol. The first-order chi connectivity index (χ1) is 13.1. The van der Waals surface area contributed by atoms with Gasteiger partial charge in [-0.15, -0.1) is 11.3 Å². The fourth-order valence-corrected chi connectivity index (χ4v) is 2.92. The lowest BCUT2D eigenvalue weighted by atomic mass is 10.3. The molecule has 2 amide bonds. The SMILES string of the molecule is CCOc1ccccc1Oc1ccc(CNC(=O)Nc2nc(C)cs2)cn1. The zero-order valence-corrected chi connectivity index (χ0v) is 15.9. The molecule has 0 radical (unpaired) electrons. The molecule has 7 nitrogen and oxygen atoms in total. The molecular weight excluding hydrogens is 364 g/mol. The molecule has 0 unspecified atom stereocenters. The van der Waals surface area contributed by atoms with Gasteiger partial charge in [-0.3, -0.25) is 5.32 Å². The fourth-order valence-electron chi connectivity index (χ4n) is 2.23. The third-order valence-electron chi connectivity index (χ3n) is 3.45. The lowest BCUT2D eigenvalue weighted by Gasteiger charge is -2.11. The number of hydrogen-bond acceptors (Lipinski definition) is 6. The topological polar surface area (TPSA) is 85.4 Å². The van der Waals surface area contributed by atoms with Crippen molar-refractivity contribution in [1.29, 1.82) is 0 Å². The van der Waals surface area contributed by atoms with E-state index in [1.54, 1.807) is 12.3 Å². The number of thiazole rings is 1. The van der Waals surface area contributed by atoms with Crippen LogP contribution in [0.1, 0.15) is 18.2 Å². The van der Waals surface area contributed by atoms with Gasteiger partial charge in [0.2, 0.25) is 5.88 Å². The molecule has 8 heteroatoms. The van der Waals surface area contributed by atoms with Gasteiger partial charge in [-0.05, 0) is 31.5 Å². The van der Waals surface area contributed by atoms with Crippen LogP contribution >= 0.6 is 11.3 Å². The summed E-state index contributed by atoms with van der Waals surface area (Å²) in [5.41, 5.74) is 1.73. The van der Waals surface area contributed by atoms with Crippen molar-refractivity contribution in [1.82, 2.24) is 15.3 Å². The van der Waals surface area contributed by atoms with Gasteiger partial charge in [0.25, 0.3) is 0 Å². The van der Waals surface area contributed by atoms with Crippen LogP contribution in [0, 0.1) is 6.92 Å². The molecular formula is C19H20N4O3S. The number of amides is 2. The van der Waals surface area contributed by atoms with Crippen LogP contribution in [0.3, 0.4) is 0 Å². The van der Waals surface area contributed by atoms with E-state index in [9.17, 15) is 4.79 Å². The number of ether oxygens (including phenoxy) is 2. The van der Waals surface area contributed by atoms with Gasteiger partial charge in [0.05, 0.1) is 12.3 Å². The summed E-state index contributed by atoms with van der Waals surface area (Å²) in [7, 11) is 0. The molecule has 0 bridgehead atoms. The van der Waals surface area contributed by atoms with Crippen molar-refractivity contribution in [2.24, 2.45) is 0 Å².